The van der Waals surface area contributed by atoms with Crippen molar-refractivity contribution in [3.8, 4) is 0 Å². The topological polar surface area (TPSA) is 12.0 Å². The number of hydrogen-bond donors (Lipinski definition) is 1. The van der Waals surface area contributed by atoms with Gasteiger partial charge in [0, 0.05) is 6.04 Å². The summed E-state index contributed by atoms with van der Waals surface area (Å²) in [4.78, 5) is 0. The molecule has 1 nitrogen and oxygen atoms in total. The number of rotatable bonds is 11. The summed E-state index contributed by atoms with van der Waals surface area (Å²) >= 11 is 0. The van der Waals surface area contributed by atoms with E-state index in [1.54, 1.807) is 0 Å². The Morgan fingerprint density at radius 3 is 2.29 bits per heavy atom. The fraction of sp³-hybridized carbons (Fsp3) is 1.00. The Kier molecular flexibility index (Phi) is 10.6. The molecule has 0 saturated heterocycles. The van der Waals surface area contributed by atoms with Crippen molar-refractivity contribution >= 4 is 0 Å². The van der Waals surface area contributed by atoms with Gasteiger partial charge in [0.25, 0.3) is 0 Å². The Bertz CT molecular complexity index is 313. The molecule has 0 heterocycles. The summed E-state index contributed by atoms with van der Waals surface area (Å²) in [6.07, 6.45) is 11.1. The van der Waals surface area contributed by atoms with Gasteiger partial charge in [0.2, 0.25) is 0 Å². The van der Waals surface area contributed by atoms with E-state index in [0.29, 0.717) is 6.04 Å². The summed E-state index contributed by atoms with van der Waals surface area (Å²) in [6, 6.07) is 0.666. The van der Waals surface area contributed by atoms with E-state index in [9.17, 15) is 0 Å². The van der Waals surface area contributed by atoms with E-state index in [1.807, 2.05) is 0 Å². The fourth-order valence-electron chi connectivity index (χ4n) is 5.10. The van der Waals surface area contributed by atoms with Gasteiger partial charge in [-0.2, -0.15) is 0 Å². The van der Waals surface area contributed by atoms with Crippen molar-refractivity contribution < 1.29 is 0 Å². The van der Waals surface area contributed by atoms with Crippen LogP contribution in [0.15, 0.2) is 0 Å². The van der Waals surface area contributed by atoms with Crippen LogP contribution in [0.1, 0.15) is 99.8 Å². The average molecular weight is 338 g/mol. The molecule has 1 rings (SSSR count). The molecule has 144 valence electrons. The molecule has 0 aromatic heterocycles. The summed E-state index contributed by atoms with van der Waals surface area (Å²) < 4.78 is 0. The Morgan fingerprint density at radius 1 is 1.00 bits per heavy atom. The van der Waals surface area contributed by atoms with E-state index in [2.05, 4.69) is 53.8 Å². The van der Waals surface area contributed by atoms with Crippen LogP contribution in [0.4, 0.5) is 0 Å². The maximum absolute atomic E-state index is 3.94. The van der Waals surface area contributed by atoms with Crippen LogP contribution in [0.3, 0.4) is 0 Å². The Morgan fingerprint density at radius 2 is 1.71 bits per heavy atom. The SMILES string of the molecule is CCCC(CNC(C)CC(CC)C(C)CC)C1CC(C)CCC1C. The Hall–Kier alpha value is -0.0400. The molecule has 24 heavy (non-hydrogen) atoms. The van der Waals surface area contributed by atoms with Crippen LogP contribution in [0.5, 0.6) is 0 Å². The Labute approximate surface area is 153 Å². The molecule has 0 radical (unpaired) electrons. The molecule has 0 spiro atoms. The minimum Gasteiger partial charge on any atom is -0.314 e. The lowest BCUT2D eigenvalue weighted by Gasteiger charge is -2.39. The zero-order valence-electron chi connectivity index (χ0n) is 17.9. The highest BCUT2D eigenvalue weighted by molar-refractivity contribution is 4.83. The fourth-order valence-corrected chi connectivity index (χ4v) is 5.10. The normalized spacial score (nSPS) is 29.9. The molecule has 1 heteroatoms. The highest BCUT2D eigenvalue weighted by Gasteiger charge is 2.31. The molecule has 1 saturated carbocycles. The van der Waals surface area contributed by atoms with Crippen molar-refractivity contribution in [3.05, 3.63) is 0 Å². The maximum atomic E-state index is 3.94. The molecule has 1 N–H and O–H groups in total. The minimum atomic E-state index is 0.666. The molecule has 0 aromatic rings. The van der Waals surface area contributed by atoms with E-state index < -0.39 is 0 Å². The van der Waals surface area contributed by atoms with Gasteiger partial charge in [-0.05, 0) is 68.2 Å². The lowest BCUT2D eigenvalue weighted by atomic mass is 9.68. The standard InChI is InChI=1S/C23H47N/c1-8-11-22(23-14-17(4)12-13-19(23)6)16-24-20(7)15-21(10-3)18(5)9-2/h17-24H,8-16H2,1-7H3. The second-order valence-corrected chi connectivity index (χ2v) is 9.21. The second-order valence-electron chi connectivity index (χ2n) is 9.21. The minimum absolute atomic E-state index is 0.666. The monoisotopic (exact) mass is 337 g/mol. The van der Waals surface area contributed by atoms with Crippen LogP contribution < -0.4 is 5.32 Å². The predicted molar refractivity (Wildman–Crippen MR) is 109 cm³/mol. The first-order valence-electron chi connectivity index (χ1n) is 11.2. The summed E-state index contributed by atoms with van der Waals surface area (Å²) in [7, 11) is 0. The van der Waals surface area contributed by atoms with E-state index in [4.69, 9.17) is 0 Å². The molecule has 0 aliphatic heterocycles. The molecular formula is C23H47N. The average Bonchev–Trinajstić information content (AvgIpc) is 2.58. The van der Waals surface area contributed by atoms with Crippen LogP contribution >= 0.6 is 0 Å². The van der Waals surface area contributed by atoms with Gasteiger partial charge in [0.15, 0.2) is 0 Å². The zero-order chi connectivity index (χ0) is 18.1. The molecule has 7 unspecified atom stereocenters. The highest BCUT2D eigenvalue weighted by atomic mass is 14.9. The number of nitrogens with one attached hydrogen (secondary N) is 1. The third kappa shape index (κ3) is 7.06. The van der Waals surface area contributed by atoms with Crippen LogP contribution in [-0.2, 0) is 0 Å². The van der Waals surface area contributed by atoms with Crippen molar-refractivity contribution in [1.82, 2.24) is 5.32 Å². The molecule has 1 aliphatic carbocycles. The first-order chi connectivity index (χ1) is 11.4. The summed E-state index contributed by atoms with van der Waals surface area (Å²) in [5.41, 5.74) is 0. The van der Waals surface area contributed by atoms with Crippen LogP contribution in [0.2, 0.25) is 0 Å². The summed E-state index contributed by atoms with van der Waals surface area (Å²) in [6.45, 7) is 18.2. The molecule has 0 bridgehead atoms. The largest absolute Gasteiger partial charge is 0.314 e. The predicted octanol–water partition coefficient (Wildman–Crippen LogP) is 6.92. The highest BCUT2D eigenvalue weighted by Crippen LogP contribution is 2.39. The number of hydrogen-bond acceptors (Lipinski definition) is 1. The van der Waals surface area contributed by atoms with Crippen molar-refractivity contribution in [1.29, 1.82) is 0 Å². The lowest BCUT2D eigenvalue weighted by Crippen LogP contribution is -2.39. The van der Waals surface area contributed by atoms with Gasteiger partial charge in [-0.3, -0.25) is 0 Å². The van der Waals surface area contributed by atoms with Gasteiger partial charge >= 0.3 is 0 Å². The molecule has 1 fully saturated rings. The third-order valence-electron chi connectivity index (χ3n) is 7.14. The van der Waals surface area contributed by atoms with Crippen LogP contribution in [0.25, 0.3) is 0 Å². The van der Waals surface area contributed by atoms with Gasteiger partial charge in [0.1, 0.15) is 0 Å². The van der Waals surface area contributed by atoms with E-state index >= 15 is 0 Å². The smallest absolute Gasteiger partial charge is 0.00415 e. The van der Waals surface area contributed by atoms with E-state index in [0.717, 1.165) is 35.5 Å². The van der Waals surface area contributed by atoms with E-state index in [-0.39, 0.29) is 0 Å². The summed E-state index contributed by atoms with van der Waals surface area (Å²) in [5, 5.41) is 3.94. The molecular weight excluding hydrogens is 290 g/mol. The van der Waals surface area contributed by atoms with Gasteiger partial charge in [-0.15, -0.1) is 0 Å². The van der Waals surface area contributed by atoms with Crippen LogP contribution in [-0.4, -0.2) is 12.6 Å². The van der Waals surface area contributed by atoms with Gasteiger partial charge in [-0.1, -0.05) is 73.6 Å². The van der Waals surface area contributed by atoms with E-state index in [1.165, 1.54) is 57.9 Å². The van der Waals surface area contributed by atoms with Crippen LogP contribution in [0, 0.1) is 35.5 Å². The third-order valence-corrected chi connectivity index (χ3v) is 7.14. The van der Waals surface area contributed by atoms with Crippen molar-refractivity contribution in [2.45, 2.75) is 106 Å². The molecule has 0 amide bonds. The Balaban J connectivity index is 2.52. The quantitative estimate of drug-likeness (QED) is 0.431. The zero-order valence-corrected chi connectivity index (χ0v) is 17.9. The molecule has 7 atom stereocenters. The molecule has 1 aliphatic rings. The molecule has 0 aromatic carbocycles. The van der Waals surface area contributed by atoms with Crippen molar-refractivity contribution in [3.63, 3.8) is 0 Å². The van der Waals surface area contributed by atoms with Gasteiger partial charge in [-0.25, -0.2) is 0 Å². The van der Waals surface area contributed by atoms with Gasteiger partial charge in [0.05, 0.1) is 0 Å². The second kappa shape index (κ2) is 11.6. The first kappa shape index (κ1) is 22.0. The first-order valence-corrected chi connectivity index (χ1v) is 11.2. The van der Waals surface area contributed by atoms with Crippen molar-refractivity contribution in [2.75, 3.05) is 6.54 Å². The van der Waals surface area contributed by atoms with Crippen molar-refractivity contribution in [2.24, 2.45) is 35.5 Å². The van der Waals surface area contributed by atoms with Gasteiger partial charge < -0.3 is 5.32 Å². The maximum Gasteiger partial charge on any atom is 0.00415 e. The summed E-state index contributed by atoms with van der Waals surface area (Å²) in [5.74, 6) is 5.46. The lowest BCUT2D eigenvalue weighted by molar-refractivity contribution is 0.126.